The smallest absolute Gasteiger partial charge is 0.317 e. The lowest BCUT2D eigenvalue weighted by molar-refractivity contribution is 0.193. The number of benzene rings is 2. The minimum absolute atomic E-state index is 0.0321. The predicted molar refractivity (Wildman–Crippen MR) is 88.7 cm³/mol. The van der Waals surface area contributed by atoms with Crippen LogP contribution in [0.5, 0.6) is 0 Å². The van der Waals surface area contributed by atoms with Crippen LogP contribution in [0, 0.1) is 23.3 Å². The van der Waals surface area contributed by atoms with Crippen LogP contribution in [-0.2, 0) is 6.54 Å². The third-order valence-electron chi connectivity index (χ3n) is 4.31. The first kappa shape index (κ1) is 18.0. The zero-order valence-corrected chi connectivity index (χ0v) is 13.8. The van der Waals surface area contributed by atoms with Gasteiger partial charge in [-0.1, -0.05) is 18.2 Å². The van der Waals surface area contributed by atoms with Crippen LogP contribution in [-0.4, -0.2) is 37.1 Å². The molecule has 1 fully saturated rings. The van der Waals surface area contributed by atoms with Gasteiger partial charge >= 0.3 is 6.03 Å². The summed E-state index contributed by atoms with van der Waals surface area (Å²) in [5, 5.41) is 2.64. The van der Waals surface area contributed by atoms with Gasteiger partial charge in [0.05, 0.1) is 5.69 Å². The second-order valence-electron chi connectivity index (χ2n) is 5.92. The van der Waals surface area contributed by atoms with Gasteiger partial charge < -0.3 is 15.1 Å². The minimum Gasteiger partial charge on any atom is -0.366 e. The molecule has 0 saturated carbocycles. The average molecular weight is 367 g/mol. The van der Waals surface area contributed by atoms with Crippen LogP contribution in [0.1, 0.15) is 5.56 Å². The number of piperazine rings is 1. The van der Waals surface area contributed by atoms with Gasteiger partial charge in [-0.3, -0.25) is 0 Å². The maximum atomic E-state index is 13.9. The Morgan fingerprint density at radius 2 is 1.58 bits per heavy atom. The highest BCUT2D eigenvalue weighted by molar-refractivity contribution is 5.74. The van der Waals surface area contributed by atoms with Gasteiger partial charge in [-0.15, -0.1) is 0 Å². The van der Waals surface area contributed by atoms with E-state index in [1.165, 1.54) is 17.0 Å². The molecular formula is C18H17F4N3O. The standard InChI is InChI=1S/C18H17F4N3O/c19-13-4-2-1-3-12(13)11-23-18(26)25-9-7-24(8-10-25)15-6-5-14(20)16(21)17(15)22/h1-6H,7-11H2,(H,23,26). The maximum Gasteiger partial charge on any atom is 0.317 e. The third kappa shape index (κ3) is 3.74. The molecule has 1 N–H and O–H groups in total. The van der Waals surface area contributed by atoms with Crippen molar-refractivity contribution in [3.05, 3.63) is 65.2 Å². The van der Waals surface area contributed by atoms with Gasteiger partial charge in [0.1, 0.15) is 5.82 Å². The number of amides is 2. The van der Waals surface area contributed by atoms with Crippen LogP contribution in [0.4, 0.5) is 28.0 Å². The van der Waals surface area contributed by atoms with E-state index in [4.69, 9.17) is 0 Å². The normalized spacial score (nSPS) is 14.5. The molecule has 3 rings (SSSR count). The van der Waals surface area contributed by atoms with Crippen molar-refractivity contribution >= 4 is 11.7 Å². The molecule has 0 bridgehead atoms. The van der Waals surface area contributed by atoms with Crippen LogP contribution in [0.15, 0.2) is 36.4 Å². The van der Waals surface area contributed by atoms with Crippen LogP contribution >= 0.6 is 0 Å². The number of anilines is 1. The Morgan fingerprint density at radius 1 is 0.885 bits per heavy atom. The van der Waals surface area contributed by atoms with Gasteiger partial charge in [-0.05, 0) is 18.2 Å². The predicted octanol–water partition coefficient (Wildman–Crippen LogP) is 3.27. The molecule has 1 aliphatic heterocycles. The summed E-state index contributed by atoms with van der Waals surface area (Å²) < 4.78 is 53.8. The number of rotatable bonds is 3. The number of carbonyl (C=O) groups is 1. The van der Waals surface area contributed by atoms with Gasteiger partial charge in [0.2, 0.25) is 0 Å². The van der Waals surface area contributed by atoms with Crippen LogP contribution in [0.25, 0.3) is 0 Å². The number of carbonyl (C=O) groups excluding carboxylic acids is 1. The van der Waals surface area contributed by atoms with Crippen molar-refractivity contribution in [2.24, 2.45) is 0 Å². The summed E-state index contributed by atoms with van der Waals surface area (Å²) >= 11 is 0. The fourth-order valence-corrected chi connectivity index (χ4v) is 2.83. The Kier molecular flexibility index (Phi) is 5.29. The summed E-state index contributed by atoms with van der Waals surface area (Å²) in [6, 6.07) is 7.84. The largest absolute Gasteiger partial charge is 0.366 e. The van der Waals surface area contributed by atoms with E-state index in [9.17, 15) is 22.4 Å². The summed E-state index contributed by atoms with van der Waals surface area (Å²) in [6.45, 7) is 1.16. The molecule has 138 valence electrons. The molecule has 0 aliphatic carbocycles. The molecule has 2 amide bonds. The van der Waals surface area contributed by atoms with Gasteiger partial charge in [-0.2, -0.15) is 0 Å². The number of urea groups is 1. The van der Waals surface area contributed by atoms with E-state index >= 15 is 0 Å². The molecule has 0 radical (unpaired) electrons. The highest BCUT2D eigenvalue weighted by atomic mass is 19.2. The average Bonchev–Trinajstić information content (AvgIpc) is 2.65. The van der Waals surface area contributed by atoms with E-state index < -0.39 is 23.3 Å². The van der Waals surface area contributed by atoms with Crippen molar-refractivity contribution in [1.29, 1.82) is 0 Å². The minimum atomic E-state index is -1.51. The fraction of sp³-hybridized carbons (Fsp3) is 0.278. The second kappa shape index (κ2) is 7.63. The lowest BCUT2D eigenvalue weighted by Gasteiger charge is -2.36. The van der Waals surface area contributed by atoms with E-state index in [0.717, 1.165) is 6.07 Å². The van der Waals surface area contributed by atoms with Crippen molar-refractivity contribution in [2.75, 3.05) is 31.1 Å². The number of nitrogens with zero attached hydrogens (tertiary/aromatic N) is 2. The Hall–Kier alpha value is -2.77. The molecule has 26 heavy (non-hydrogen) atoms. The maximum absolute atomic E-state index is 13.9. The quantitative estimate of drug-likeness (QED) is 0.668. The number of halogens is 4. The van der Waals surface area contributed by atoms with Gasteiger partial charge in [0.25, 0.3) is 0 Å². The Labute approximate surface area is 148 Å². The Morgan fingerprint density at radius 3 is 2.27 bits per heavy atom. The molecule has 2 aromatic carbocycles. The number of nitrogens with one attached hydrogen (secondary N) is 1. The topological polar surface area (TPSA) is 35.6 Å². The Balaban J connectivity index is 1.56. The zero-order valence-electron chi connectivity index (χ0n) is 13.8. The van der Waals surface area contributed by atoms with E-state index in [1.807, 2.05) is 0 Å². The van der Waals surface area contributed by atoms with Crippen molar-refractivity contribution in [3.8, 4) is 0 Å². The van der Waals surface area contributed by atoms with Gasteiger partial charge in [0.15, 0.2) is 17.5 Å². The van der Waals surface area contributed by atoms with E-state index in [2.05, 4.69) is 5.32 Å². The first-order chi connectivity index (χ1) is 12.5. The third-order valence-corrected chi connectivity index (χ3v) is 4.31. The Bertz CT molecular complexity index is 807. The van der Waals surface area contributed by atoms with Crippen molar-refractivity contribution in [1.82, 2.24) is 10.2 Å². The summed E-state index contributed by atoms with van der Waals surface area (Å²) in [5.41, 5.74) is 0.346. The van der Waals surface area contributed by atoms with Crippen molar-refractivity contribution in [3.63, 3.8) is 0 Å². The van der Waals surface area contributed by atoms with Crippen LogP contribution in [0.2, 0.25) is 0 Å². The van der Waals surface area contributed by atoms with E-state index in [-0.39, 0.29) is 44.4 Å². The molecule has 4 nitrogen and oxygen atoms in total. The molecule has 8 heteroatoms. The molecule has 1 heterocycles. The fourth-order valence-electron chi connectivity index (χ4n) is 2.83. The van der Waals surface area contributed by atoms with Crippen molar-refractivity contribution in [2.45, 2.75) is 6.54 Å². The van der Waals surface area contributed by atoms with E-state index in [1.54, 1.807) is 23.1 Å². The van der Waals surface area contributed by atoms with Gasteiger partial charge in [-0.25, -0.2) is 22.4 Å². The second-order valence-corrected chi connectivity index (χ2v) is 5.92. The van der Waals surface area contributed by atoms with Crippen molar-refractivity contribution < 1.29 is 22.4 Å². The monoisotopic (exact) mass is 367 g/mol. The molecule has 0 spiro atoms. The number of hydrogen-bond donors (Lipinski definition) is 1. The lowest BCUT2D eigenvalue weighted by Crippen LogP contribution is -2.52. The molecule has 0 atom stereocenters. The van der Waals surface area contributed by atoms with Crippen LogP contribution < -0.4 is 10.2 Å². The molecule has 2 aromatic rings. The molecule has 1 aliphatic rings. The van der Waals surface area contributed by atoms with Gasteiger partial charge in [0, 0.05) is 38.3 Å². The molecule has 1 saturated heterocycles. The highest BCUT2D eigenvalue weighted by Gasteiger charge is 2.24. The van der Waals surface area contributed by atoms with Crippen LogP contribution in [0.3, 0.4) is 0 Å². The molecule has 0 unspecified atom stereocenters. The summed E-state index contributed by atoms with van der Waals surface area (Å²) in [7, 11) is 0. The first-order valence-electron chi connectivity index (χ1n) is 8.12. The van der Waals surface area contributed by atoms with E-state index in [0.29, 0.717) is 5.56 Å². The summed E-state index contributed by atoms with van der Waals surface area (Å²) in [6.07, 6.45) is 0. The lowest BCUT2D eigenvalue weighted by atomic mass is 10.2. The zero-order chi connectivity index (χ0) is 18.7. The molecular weight excluding hydrogens is 350 g/mol. The number of hydrogen-bond acceptors (Lipinski definition) is 2. The molecule has 0 aromatic heterocycles. The summed E-state index contributed by atoms with van der Waals surface area (Å²) in [5.74, 6) is -4.38. The summed E-state index contributed by atoms with van der Waals surface area (Å²) in [4.78, 5) is 15.2. The SMILES string of the molecule is O=C(NCc1ccccc1F)N1CCN(c2ccc(F)c(F)c2F)CC1. The highest BCUT2D eigenvalue weighted by Crippen LogP contribution is 2.24. The first-order valence-corrected chi connectivity index (χ1v) is 8.12.